The lowest BCUT2D eigenvalue weighted by Crippen LogP contribution is -2.05. The molecule has 21 heavy (non-hydrogen) atoms. The number of fused-ring (bicyclic) bond motifs is 1. The van der Waals surface area contributed by atoms with Gasteiger partial charge in [-0.3, -0.25) is 0 Å². The summed E-state index contributed by atoms with van der Waals surface area (Å²) in [6.07, 6.45) is 5.33. The largest absolute Gasteiger partial charge is 0.207 e. The topological polar surface area (TPSA) is 0 Å². The summed E-state index contributed by atoms with van der Waals surface area (Å²) in [5, 5.41) is 0. The smallest absolute Gasteiger partial charge is 0.129 e. The maximum Gasteiger partial charge on any atom is 0.129 e. The standard InChI is InChI=1S/C18H17BrF2/c19-17(10-15-7-8-16(20)11-18(15)21)14-6-5-12-3-1-2-4-13(12)9-14/h5-9,11,17H,1-4,10H2. The number of alkyl halides is 1. The highest BCUT2D eigenvalue weighted by atomic mass is 79.9. The van der Waals surface area contributed by atoms with Gasteiger partial charge in [0.2, 0.25) is 0 Å². The van der Waals surface area contributed by atoms with E-state index in [1.165, 1.54) is 41.7 Å². The van der Waals surface area contributed by atoms with Gasteiger partial charge in [-0.2, -0.15) is 0 Å². The second-order valence-electron chi connectivity index (χ2n) is 5.64. The van der Waals surface area contributed by atoms with Crippen LogP contribution in [0.1, 0.15) is 39.9 Å². The van der Waals surface area contributed by atoms with Crippen molar-refractivity contribution in [2.75, 3.05) is 0 Å². The second-order valence-corrected chi connectivity index (χ2v) is 6.75. The van der Waals surface area contributed by atoms with Crippen LogP contribution in [0.15, 0.2) is 36.4 Å². The zero-order chi connectivity index (χ0) is 14.8. The molecule has 0 saturated carbocycles. The van der Waals surface area contributed by atoms with Gasteiger partial charge in [0.05, 0.1) is 0 Å². The van der Waals surface area contributed by atoms with Gasteiger partial charge in [0.1, 0.15) is 11.6 Å². The molecule has 1 unspecified atom stereocenters. The van der Waals surface area contributed by atoms with Crippen molar-refractivity contribution in [3.05, 3.63) is 70.3 Å². The predicted octanol–water partition coefficient (Wildman–Crippen LogP) is 5.52. The number of halogens is 3. The van der Waals surface area contributed by atoms with E-state index in [1.54, 1.807) is 0 Å². The quantitative estimate of drug-likeness (QED) is 0.639. The number of aryl methyl sites for hydroxylation is 2. The lowest BCUT2D eigenvalue weighted by atomic mass is 9.89. The molecule has 1 atom stereocenters. The average molecular weight is 351 g/mol. The molecule has 0 fully saturated rings. The molecule has 110 valence electrons. The summed E-state index contributed by atoms with van der Waals surface area (Å²) in [6.45, 7) is 0. The molecule has 0 bridgehead atoms. The number of rotatable bonds is 3. The van der Waals surface area contributed by atoms with Crippen LogP contribution in [-0.2, 0) is 19.3 Å². The minimum absolute atomic E-state index is 0.0460. The molecule has 0 saturated heterocycles. The van der Waals surface area contributed by atoms with Crippen molar-refractivity contribution >= 4 is 15.9 Å². The summed E-state index contributed by atoms with van der Waals surface area (Å²) in [6, 6.07) is 10.3. The molecule has 0 nitrogen and oxygen atoms in total. The molecule has 0 heterocycles. The zero-order valence-corrected chi connectivity index (χ0v) is 13.3. The van der Waals surface area contributed by atoms with E-state index < -0.39 is 11.6 Å². The summed E-state index contributed by atoms with van der Waals surface area (Å²) < 4.78 is 26.7. The Bertz CT molecular complexity index is 652. The molecule has 2 aromatic rings. The Morgan fingerprint density at radius 2 is 1.71 bits per heavy atom. The van der Waals surface area contributed by atoms with E-state index in [9.17, 15) is 8.78 Å². The van der Waals surface area contributed by atoms with Gasteiger partial charge >= 0.3 is 0 Å². The molecular weight excluding hydrogens is 334 g/mol. The predicted molar refractivity (Wildman–Crippen MR) is 84.8 cm³/mol. The first-order valence-electron chi connectivity index (χ1n) is 7.33. The van der Waals surface area contributed by atoms with Crippen molar-refractivity contribution in [2.45, 2.75) is 36.9 Å². The summed E-state index contributed by atoms with van der Waals surface area (Å²) in [5.74, 6) is -1.01. The second kappa shape index (κ2) is 6.27. The minimum atomic E-state index is -0.531. The molecule has 3 heteroatoms. The van der Waals surface area contributed by atoms with Gasteiger partial charge < -0.3 is 0 Å². The molecule has 0 spiro atoms. The number of hydrogen-bond donors (Lipinski definition) is 0. The van der Waals surface area contributed by atoms with Crippen LogP contribution in [-0.4, -0.2) is 0 Å². The van der Waals surface area contributed by atoms with Crippen LogP contribution in [0.2, 0.25) is 0 Å². The third-order valence-corrected chi connectivity index (χ3v) is 5.00. The Kier molecular flexibility index (Phi) is 4.39. The van der Waals surface area contributed by atoms with E-state index in [0.717, 1.165) is 18.9 Å². The lowest BCUT2D eigenvalue weighted by Gasteiger charge is -2.18. The fraction of sp³-hybridized carbons (Fsp3) is 0.333. The third kappa shape index (κ3) is 3.34. The molecule has 1 aliphatic carbocycles. The first-order valence-corrected chi connectivity index (χ1v) is 8.25. The molecule has 0 amide bonds. The highest BCUT2D eigenvalue weighted by molar-refractivity contribution is 9.09. The van der Waals surface area contributed by atoms with Crippen molar-refractivity contribution in [3.8, 4) is 0 Å². The monoisotopic (exact) mass is 350 g/mol. The van der Waals surface area contributed by atoms with E-state index in [0.29, 0.717) is 12.0 Å². The lowest BCUT2D eigenvalue weighted by molar-refractivity contribution is 0.571. The van der Waals surface area contributed by atoms with Crippen LogP contribution in [0.3, 0.4) is 0 Å². The van der Waals surface area contributed by atoms with E-state index in [1.807, 2.05) is 0 Å². The van der Waals surface area contributed by atoms with Crippen LogP contribution in [0.5, 0.6) is 0 Å². The Labute approximate surface area is 132 Å². The summed E-state index contributed by atoms with van der Waals surface area (Å²) in [4.78, 5) is 0.0460. The fourth-order valence-corrected chi connectivity index (χ4v) is 3.58. The molecule has 3 rings (SSSR count). The fourth-order valence-electron chi connectivity index (χ4n) is 2.95. The minimum Gasteiger partial charge on any atom is -0.207 e. The van der Waals surface area contributed by atoms with Gasteiger partial charge in [-0.15, -0.1) is 0 Å². The summed E-state index contributed by atoms with van der Waals surface area (Å²) in [5.41, 5.74) is 4.57. The highest BCUT2D eigenvalue weighted by Gasteiger charge is 2.15. The van der Waals surface area contributed by atoms with E-state index >= 15 is 0 Å². The Morgan fingerprint density at radius 3 is 2.48 bits per heavy atom. The Morgan fingerprint density at radius 1 is 0.952 bits per heavy atom. The molecule has 0 radical (unpaired) electrons. The van der Waals surface area contributed by atoms with Crippen LogP contribution < -0.4 is 0 Å². The van der Waals surface area contributed by atoms with E-state index in [2.05, 4.69) is 34.1 Å². The van der Waals surface area contributed by atoms with Crippen LogP contribution >= 0.6 is 15.9 Å². The normalized spacial score (nSPS) is 15.6. The third-order valence-electron chi connectivity index (χ3n) is 4.15. The van der Waals surface area contributed by atoms with E-state index in [4.69, 9.17) is 0 Å². The van der Waals surface area contributed by atoms with Crippen molar-refractivity contribution < 1.29 is 8.78 Å². The van der Waals surface area contributed by atoms with Gasteiger partial charge in [0.15, 0.2) is 0 Å². The van der Waals surface area contributed by atoms with E-state index in [-0.39, 0.29) is 4.83 Å². The van der Waals surface area contributed by atoms with Crippen molar-refractivity contribution in [2.24, 2.45) is 0 Å². The molecule has 0 aromatic heterocycles. The molecule has 2 aromatic carbocycles. The molecule has 0 N–H and O–H groups in total. The van der Waals surface area contributed by atoms with Gasteiger partial charge in [-0.05, 0) is 60.4 Å². The number of hydrogen-bond acceptors (Lipinski definition) is 0. The van der Waals surface area contributed by atoms with Crippen LogP contribution in [0.4, 0.5) is 8.78 Å². The Balaban J connectivity index is 1.80. The summed E-state index contributed by atoms with van der Waals surface area (Å²) in [7, 11) is 0. The van der Waals surface area contributed by atoms with Gasteiger partial charge in [0.25, 0.3) is 0 Å². The zero-order valence-electron chi connectivity index (χ0n) is 11.7. The first-order chi connectivity index (χ1) is 10.1. The number of benzene rings is 2. The maximum atomic E-state index is 13.7. The van der Waals surface area contributed by atoms with Gasteiger partial charge in [-0.1, -0.05) is 40.2 Å². The van der Waals surface area contributed by atoms with Crippen molar-refractivity contribution in [3.63, 3.8) is 0 Å². The maximum absolute atomic E-state index is 13.7. The van der Waals surface area contributed by atoms with Crippen molar-refractivity contribution in [1.82, 2.24) is 0 Å². The highest BCUT2D eigenvalue weighted by Crippen LogP contribution is 2.31. The summed E-state index contributed by atoms with van der Waals surface area (Å²) >= 11 is 3.64. The van der Waals surface area contributed by atoms with Crippen molar-refractivity contribution in [1.29, 1.82) is 0 Å². The average Bonchev–Trinajstić information content (AvgIpc) is 2.49. The Hall–Kier alpha value is -1.22. The molecule has 0 aliphatic heterocycles. The van der Waals surface area contributed by atoms with Crippen LogP contribution in [0, 0.1) is 11.6 Å². The van der Waals surface area contributed by atoms with Gasteiger partial charge in [0, 0.05) is 10.9 Å². The molecular formula is C18H17BrF2. The molecule has 1 aliphatic rings. The SMILES string of the molecule is Fc1ccc(CC(Br)c2ccc3c(c2)CCCC3)c(F)c1. The first kappa shape index (κ1) is 14.7. The van der Waals surface area contributed by atoms with Crippen LogP contribution in [0.25, 0.3) is 0 Å². The van der Waals surface area contributed by atoms with Gasteiger partial charge in [-0.25, -0.2) is 8.78 Å².